The molecule has 0 saturated carbocycles. The van der Waals surface area contributed by atoms with Crippen LogP contribution in [-0.4, -0.2) is 4.98 Å². The van der Waals surface area contributed by atoms with Crippen LogP contribution in [0.15, 0.2) is 30.5 Å². The van der Waals surface area contributed by atoms with Gasteiger partial charge >= 0.3 is 0 Å². The Balaban J connectivity index is 0.00000220. The van der Waals surface area contributed by atoms with Crippen molar-refractivity contribution in [2.24, 2.45) is 5.73 Å². The number of nitrogens with zero attached hydrogens (tertiary/aromatic N) is 1. The first-order valence-corrected chi connectivity index (χ1v) is 6.53. The molecule has 4 nitrogen and oxygen atoms in total. The van der Waals surface area contributed by atoms with Crippen LogP contribution >= 0.6 is 24.0 Å². The lowest BCUT2D eigenvalue weighted by Crippen LogP contribution is -2.11. The summed E-state index contributed by atoms with van der Waals surface area (Å²) in [6.45, 7) is 1.88. The van der Waals surface area contributed by atoms with Crippen molar-refractivity contribution in [3.63, 3.8) is 0 Å². The van der Waals surface area contributed by atoms with E-state index in [9.17, 15) is 4.39 Å². The van der Waals surface area contributed by atoms with E-state index < -0.39 is 11.9 Å². The zero-order valence-corrected chi connectivity index (χ0v) is 12.9. The second-order valence-corrected chi connectivity index (χ2v) is 4.73. The van der Waals surface area contributed by atoms with E-state index in [2.05, 4.69) is 4.98 Å². The number of nitrogen functional groups attached to an aromatic ring is 1. The lowest BCUT2D eigenvalue weighted by Gasteiger charge is -2.14. The van der Waals surface area contributed by atoms with Gasteiger partial charge in [0.2, 0.25) is 5.88 Å². The van der Waals surface area contributed by atoms with Gasteiger partial charge in [0.25, 0.3) is 0 Å². The Kier molecular flexibility index (Phi) is 6.20. The number of pyridine rings is 1. The van der Waals surface area contributed by atoms with E-state index in [1.165, 1.54) is 12.3 Å². The lowest BCUT2D eigenvalue weighted by atomic mass is 10.0. The van der Waals surface area contributed by atoms with Gasteiger partial charge in [-0.2, -0.15) is 0 Å². The summed E-state index contributed by atoms with van der Waals surface area (Å²) in [5, 5.41) is 0.160. The fourth-order valence-corrected chi connectivity index (χ4v) is 1.89. The highest BCUT2D eigenvalue weighted by Crippen LogP contribution is 2.35. The molecule has 1 aromatic heterocycles. The molecule has 0 unspecified atom stereocenters. The number of aromatic nitrogens is 1. The van der Waals surface area contributed by atoms with Crippen LogP contribution in [0.1, 0.15) is 24.9 Å². The van der Waals surface area contributed by atoms with Gasteiger partial charge in [-0.15, -0.1) is 12.4 Å². The fourth-order valence-electron chi connectivity index (χ4n) is 1.70. The number of ether oxygens (including phenoxy) is 1. The van der Waals surface area contributed by atoms with Gasteiger partial charge in [-0.1, -0.05) is 24.6 Å². The van der Waals surface area contributed by atoms with Crippen LogP contribution in [-0.2, 0) is 0 Å². The molecule has 0 bridgehead atoms. The molecule has 2 aromatic rings. The molecule has 0 aliphatic carbocycles. The second kappa shape index (κ2) is 7.45. The van der Waals surface area contributed by atoms with E-state index in [1.807, 2.05) is 6.92 Å². The Labute approximate surface area is 133 Å². The Hall–Kier alpha value is -1.56. The van der Waals surface area contributed by atoms with E-state index in [-0.39, 0.29) is 29.1 Å². The molecular weight excluding hydrogens is 316 g/mol. The predicted octanol–water partition coefficient (Wildman–Crippen LogP) is 4.08. The average molecular weight is 332 g/mol. The van der Waals surface area contributed by atoms with Crippen molar-refractivity contribution in [2.45, 2.75) is 19.4 Å². The van der Waals surface area contributed by atoms with Gasteiger partial charge in [0.1, 0.15) is 0 Å². The number of nitrogens with two attached hydrogens (primary N) is 2. The first kappa shape index (κ1) is 17.5. The molecule has 114 valence electrons. The molecular formula is C14H16Cl2FN3O. The summed E-state index contributed by atoms with van der Waals surface area (Å²) in [5.41, 5.74) is 12.2. The van der Waals surface area contributed by atoms with Crippen molar-refractivity contribution in [2.75, 3.05) is 5.73 Å². The molecule has 0 saturated heterocycles. The largest absolute Gasteiger partial charge is 0.434 e. The van der Waals surface area contributed by atoms with Gasteiger partial charge in [-0.25, -0.2) is 9.37 Å². The summed E-state index contributed by atoms with van der Waals surface area (Å²) >= 11 is 5.97. The van der Waals surface area contributed by atoms with E-state index in [0.717, 1.165) is 0 Å². The van der Waals surface area contributed by atoms with Crippen LogP contribution in [0.25, 0.3) is 0 Å². The summed E-state index contributed by atoms with van der Waals surface area (Å²) < 4.78 is 19.8. The number of rotatable bonds is 4. The number of hydrogen-bond acceptors (Lipinski definition) is 4. The predicted molar refractivity (Wildman–Crippen MR) is 84.6 cm³/mol. The van der Waals surface area contributed by atoms with Crippen molar-refractivity contribution in [1.29, 1.82) is 0 Å². The normalized spacial score (nSPS) is 11.6. The molecule has 0 radical (unpaired) electrons. The minimum atomic E-state index is -0.564. The lowest BCUT2D eigenvalue weighted by molar-refractivity contribution is 0.421. The zero-order chi connectivity index (χ0) is 14.7. The topological polar surface area (TPSA) is 74.2 Å². The third-order valence-corrected chi connectivity index (χ3v) is 3.18. The molecule has 1 atom stereocenters. The molecule has 1 heterocycles. The Morgan fingerprint density at radius 2 is 2.05 bits per heavy atom. The third-order valence-electron chi connectivity index (χ3n) is 2.88. The Morgan fingerprint density at radius 3 is 2.62 bits per heavy atom. The summed E-state index contributed by atoms with van der Waals surface area (Å²) in [7, 11) is 0. The van der Waals surface area contributed by atoms with Crippen molar-refractivity contribution in [3.05, 3.63) is 46.9 Å². The minimum Gasteiger partial charge on any atom is -0.434 e. The fraction of sp³-hybridized carbons (Fsp3) is 0.214. The first-order chi connectivity index (χ1) is 9.52. The summed E-state index contributed by atoms with van der Waals surface area (Å²) in [5.74, 6) is -0.432. The highest BCUT2D eigenvalue weighted by Gasteiger charge is 2.18. The maximum Gasteiger partial charge on any atom is 0.219 e. The summed E-state index contributed by atoms with van der Waals surface area (Å²) in [4.78, 5) is 3.95. The van der Waals surface area contributed by atoms with Gasteiger partial charge < -0.3 is 16.2 Å². The molecule has 0 aliphatic heterocycles. The van der Waals surface area contributed by atoms with Gasteiger partial charge in [0, 0.05) is 17.7 Å². The molecule has 21 heavy (non-hydrogen) atoms. The number of benzene rings is 1. The average Bonchev–Trinajstić information content (AvgIpc) is 2.45. The highest BCUT2D eigenvalue weighted by molar-refractivity contribution is 6.32. The minimum absolute atomic E-state index is 0. The van der Waals surface area contributed by atoms with Crippen LogP contribution in [0.3, 0.4) is 0 Å². The number of halogens is 3. The molecule has 7 heteroatoms. The SMILES string of the molecule is CC[C@@H](N)c1ccc(Cl)c(Oc2ccc(N)cn2)c1F.Cl. The first-order valence-electron chi connectivity index (χ1n) is 6.15. The second-order valence-electron chi connectivity index (χ2n) is 4.33. The van der Waals surface area contributed by atoms with Crippen molar-refractivity contribution in [3.8, 4) is 11.6 Å². The summed E-state index contributed by atoms with van der Waals surface area (Å²) in [6.07, 6.45) is 2.03. The standard InChI is InChI=1S/C14H15ClFN3O.ClH/c1-2-11(18)9-4-5-10(15)14(13(9)16)20-12-6-3-8(17)7-19-12;/h3-7,11H,2,17-18H2,1H3;1H/t11-;/m1./s1. The van der Waals surface area contributed by atoms with Crippen LogP contribution in [0.2, 0.25) is 5.02 Å². The smallest absolute Gasteiger partial charge is 0.219 e. The monoisotopic (exact) mass is 331 g/mol. The Morgan fingerprint density at radius 1 is 1.33 bits per heavy atom. The van der Waals surface area contributed by atoms with E-state index >= 15 is 0 Å². The van der Waals surface area contributed by atoms with Crippen molar-refractivity contribution in [1.82, 2.24) is 4.98 Å². The van der Waals surface area contributed by atoms with Crippen molar-refractivity contribution < 1.29 is 9.13 Å². The quantitative estimate of drug-likeness (QED) is 0.885. The van der Waals surface area contributed by atoms with Crippen LogP contribution < -0.4 is 16.2 Å². The molecule has 0 spiro atoms. The van der Waals surface area contributed by atoms with Crippen LogP contribution in [0, 0.1) is 5.82 Å². The number of anilines is 1. The number of hydrogen-bond donors (Lipinski definition) is 2. The van der Waals surface area contributed by atoms with E-state index in [4.69, 9.17) is 27.8 Å². The maximum atomic E-state index is 14.4. The van der Waals surface area contributed by atoms with Crippen molar-refractivity contribution >= 4 is 29.7 Å². The third kappa shape index (κ3) is 3.97. The van der Waals surface area contributed by atoms with Gasteiger partial charge in [0.15, 0.2) is 11.6 Å². The van der Waals surface area contributed by atoms with Gasteiger partial charge in [0.05, 0.1) is 16.9 Å². The zero-order valence-electron chi connectivity index (χ0n) is 11.3. The Bertz CT molecular complexity index is 608. The van der Waals surface area contributed by atoms with Crippen LogP contribution in [0.4, 0.5) is 10.1 Å². The highest BCUT2D eigenvalue weighted by atomic mass is 35.5. The molecule has 4 N–H and O–H groups in total. The molecule has 0 aliphatic rings. The molecule has 1 aromatic carbocycles. The molecule has 2 rings (SSSR count). The molecule has 0 fully saturated rings. The van der Waals surface area contributed by atoms with Gasteiger partial charge in [-0.05, 0) is 18.6 Å². The van der Waals surface area contributed by atoms with E-state index in [1.54, 1.807) is 18.2 Å². The molecule has 0 amide bonds. The maximum absolute atomic E-state index is 14.4. The van der Waals surface area contributed by atoms with Gasteiger partial charge in [-0.3, -0.25) is 0 Å². The summed E-state index contributed by atoms with van der Waals surface area (Å²) in [6, 6.07) is 5.86. The van der Waals surface area contributed by atoms with Crippen LogP contribution in [0.5, 0.6) is 11.6 Å². The van der Waals surface area contributed by atoms with E-state index in [0.29, 0.717) is 17.7 Å².